The van der Waals surface area contributed by atoms with Crippen LogP contribution in [0.2, 0.25) is 5.02 Å². The minimum absolute atomic E-state index is 0.133. The lowest BCUT2D eigenvalue weighted by Crippen LogP contribution is -2.33. The zero-order valence-electron chi connectivity index (χ0n) is 16.8. The molecule has 1 N–H and O–H groups in total. The highest BCUT2D eigenvalue weighted by atomic mass is 35.5. The highest BCUT2D eigenvalue weighted by Crippen LogP contribution is 2.26. The van der Waals surface area contributed by atoms with Gasteiger partial charge in [0.25, 0.3) is 11.5 Å². The van der Waals surface area contributed by atoms with Gasteiger partial charge in [0.2, 0.25) is 0 Å². The van der Waals surface area contributed by atoms with Gasteiger partial charge >= 0.3 is 0 Å². The van der Waals surface area contributed by atoms with Crippen molar-refractivity contribution in [3.63, 3.8) is 0 Å². The lowest BCUT2D eigenvalue weighted by atomic mass is 10.1. The highest BCUT2D eigenvalue weighted by molar-refractivity contribution is 6.34. The number of anilines is 1. The average Bonchev–Trinajstić information content (AvgIpc) is 2.73. The highest BCUT2D eigenvalue weighted by Gasteiger charge is 2.22. The summed E-state index contributed by atoms with van der Waals surface area (Å²) in [6.45, 7) is 4.03. The number of pyridine rings is 1. The van der Waals surface area contributed by atoms with Gasteiger partial charge < -0.3 is 9.88 Å². The Morgan fingerprint density at radius 2 is 1.63 bits per heavy atom. The van der Waals surface area contributed by atoms with Crippen LogP contribution in [0, 0.1) is 13.8 Å². The van der Waals surface area contributed by atoms with Gasteiger partial charge in [0, 0.05) is 11.3 Å². The van der Waals surface area contributed by atoms with Crippen LogP contribution in [0.25, 0.3) is 10.9 Å². The first-order valence-corrected chi connectivity index (χ1v) is 10.1. The summed E-state index contributed by atoms with van der Waals surface area (Å²) in [5.74, 6) is -0.251. The summed E-state index contributed by atoms with van der Waals surface area (Å²) < 4.78 is 0. The van der Waals surface area contributed by atoms with Gasteiger partial charge in [0.1, 0.15) is 0 Å². The van der Waals surface area contributed by atoms with E-state index < -0.39 is 0 Å². The molecule has 0 aliphatic carbocycles. The Kier molecular flexibility index (Phi) is 5.42. The maximum Gasteiger partial charge on any atom is 0.260 e. The van der Waals surface area contributed by atoms with Crippen molar-refractivity contribution in [2.45, 2.75) is 20.4 Å². The van der Waals surface area contributed by atoms with Gasteiger partial charge in [-0.15, -0.1) is 0 Å². The van der Waals surface area contributed by atoms with Crippen LogP contribution in [0.15, 0.2) is 77.6 Å². The third-order valence-electron chi connectivity index (χ3n) is 5.25. The first-order chi connectivity index (χ1) is 14.5. The van der Waals surface area contributed by atoms with Crippen molar-refractivity contribution in [2.75, 3.05) is 4.90 Å². The molecule has 4 nitrogen and oxygen atoms in total. The van der Waals surface area contributed by atoms with Crippen molar-refractivity contribution in [3.8, 4) is 0 Å². The van der Waals surface area contributed by atoms with Crippen LogP contribution in [0.4, 0.5) is 5.69 Å². The molecule has 5 heteroatoms. The first-order valence-electron chi connectivity index (χ1n) is 9.69. The lowest BCUT2D eigenvalue weighted by molar-refractivity contribution is 0.0985. The van der Waals surface area contributed by atoms with Crippen molar-refractivity contribution < 1.29 is 4.79 Å². The molecule has 0 atom stereocenters. The molecule has 150 valence electrons. The minimum atomic E-state index is -0.251. The number of aromatic amines is 1. The number of nitrogens with one attached hydrogen (secondary N) is 1. The molecule has 30 heavy (non-hydrogen) atoms. The fourth-order valence-corrected chi connectivity index (χ4v) is 3.85. The van der Waals surface area contributed by atoms with E-state index in [-0.39, 0.29) is 18.0 Å². The summed E-state index contributed by atoms with van der Waals surface area (Å²) in [7, 11) is 0. The van der Waals surface area contributed by atoms with Crippen molar-refractivity contribution in [2.24, 2.45) is 0 Å². The number of carbonyl (C=O) groups is 1. The van der Waals surface area contributed by atoms with Gasteiger partial charge in [0.05, 0.1) is 22.6 Å². The second-order valence-corrected chi connectivity index (χ2v) is 7.73. The molecule has 0 spiro atoms. The number of para-hydroxylation sites is 2. The van der Waals surface area contributed by atoms with E-state index in [0.29, 0.717) is 16.1 Å². The van der Waals surface area contributed by atoms with Gasteiger partial charge in [-0.05, 0) is 54.6 Å². The molecule has 0 radical (unpaired) electrons. The van der Waals surface area contributed by atoms with Gasteiger partial charge in [-0.25, -0.2) is 0 Å². The second kappa shape index (κ2) is 8.17. The number of amides is 1. The van der Waals surface area contributed by atoms with Crippen molar-refractivity contribution >= 4 is 34.1 Å². The maximum atomic E-state index is 13.5. The lowest BCUT2D eigenvalue weighted by Gasteiger charge is -2.25. The van der Waals surface area contributed by atoms with Gasteiger partial charge in [0.15, 0.2) is 0 Å². The number of hydrogen-bond acceptors (Lipinski definition) is 2. The Labute approximate surface area is 179 Å². The number of halogens is 1. The summed E-state index contributed by atoms with van der Waals surface area (Å²) in [5, 5.41) is 1.31. The first kappa shape index (κ1) is 19.9. The summed E-state index contributed by atoms with van der Waals surface area (Å²) >= 11 is 6.30. The molecule has 0 bridgehead atoms. The largest absolute Gasteiger partial charge is 0.321 e. The fourth-order valence-electron chi connectivity index (χ4n) is 3.63. The standard InChI is InChI=1S/C25H21ClN2O2/c1-16-8-3-6-13-22(16)28(25(30)20-11-4-5-12-21(20)26)15-19-14-18-10-7-9-17(2)23(18)27-24(19)29/h3-14H,15H2,1-2H3,(H,27,29). The number of H-pyrrole nitrogens is 1. The van der Waals surface area contributed by atoms with Crippen LogP contribution in [0.1, 0.15) is 27.0 Å². The number of aryl methyl sites for hydroxylation is 2. The molecule has 1 heterocycles. The molecule has 0 saturated carbocycles. The van der Waals surface area contributed by atoms with Gasteiger partial charge in [-0.1, -0.05) is 60.1 Å². The number of aromatic nitrogens is 1. The Morgan fingerprint density at radius 1 is 0.933 bits per heavy atom. The van der Waals surface area contributed by atoms with Crippen LogP contribution >= 0.6 is 11.6 Å². The van der Waals surface area contributed by atoms with E-state index in [4.69, 9.17) is 11.6 Å². The van der Waals surface area contributed by atoms with E-state index in [1.807, 2.05) is 62.4 Å². The van der Waals surface area contributed by atoms with Crippen LogP contribution in [0.5, 0.6) is 0 Å². The van der Waals surface area contributed by atoms with Crippen LogP contribution in [-0.2, 0) is 6.54 Å². The second-order valence-electron chi connectivity index (χ2n) is 7.32. The van der Waals surface area contributed by atoms with E-state index >= 15 is 0 Å². The summed E-state index contributed by atoms with van der Waals surface area (Å²) in [6, 6.07) is 22.3. The minimum Gasteiger partial charge on any atom is -0.321 e. The van der Waals surface area contributed by atoms with E-state index in [1.54, 1.807) is 29.2 Å². The maximum absolute atomic E-state index is 13.5. The summed E-state index contributed by atoms with van der Waals surface area (Å²) in [6.07, 6.45) is 0. The number of nitrogens with zero attached hydrogens (tertiary/aromatic N) is 1. The van der Waals surface area contributed by atoms with E-state index in [9.17, 15) is 9.59 Å². The third kappa shape index (κ3) is 3.74. The Balaban J connectivity index is 1.83. The fraction of sp³-hybridized carbons (Fsp3) is 0.120. The molecule has 3 aromatic carbocycles. The number of benzene rings is 3. The molecule has 0 unspecified atom stereocenters. The molecule has 0 aliphatic rings. The van der Waals surface area contributed by atoms with Gasteiger partial charge in [-0.3, -0.25) is 9.59 Å². The molecule has 0 aliphatic heterocycles. The quantitative estimate of drug-likeness (QED) is 0.467. The van der Waals surface area contributed by atoms with Crippen molar-refractivity contribution in [1.29, 1.82) is 0 Å². The average molecular weight is 417 g/mol. The monoisotopic (exact) mass is 416 g/mol. The predicted molar refractivity (Wildman–Crippen MR) is 122 cm³/mol. The topological polar surface area (TPSA) is 53.2 Å². The SMILES string of the molecule is Cc1ccccc1N(Cc1cc2cccc(C)c2[nH]c1=O)C(=O)c1ccccc1Cl. The number of rotatable bonds is 4. The van der Waals surface area contributed by atoms with E-state index in [2.05, 4.69) is 4.98 Å². The molecule has 4 rings (SSSR count). The predicted octanol–water partition coefficient (Wildman–Crippen LogP) is 5.65. The molecule has 0 fully saturated rings. The van der Waals surface area contributed by atoms with Crippen LogP contribution < -0.4 is 10.5 Å². The van der Waals surface area contributed by atoms with E-state index in [1.165, 1.54) is 0 Å². The summed E-state index contributed by atoms with van der Waals surface area (Å²) in [4.78, 5) is 30.9. The number of carbonyl (C=O) groups excluding carboxylic acids is 1. The molecular weight excluding hydrogens is 396 g/mol. The Morgan fingerprint density at radius 3 is 2.40 bits per heavy atom. The third-order valence-corrected chi connectivity index (χ3v) is 5.58. The van der Waals surface area contributed by atoms with Crippen LogP contribution in [-0.4, -0.2) is 10.9 Å². The van der Waals surface area contributed by atoms with Gasteiger partial charge in [-0.2, -0.15) is 0 Å². The Bertz CT molecular complexity index is 1310. The number of fused-ring (bicyclic) bond motifs is 1. The molecule has 0 saturated heterocycles. The van der Waals surface area contributed by atoms with Crippen LogP contribution in [0.3, 0.4) is 0 Å². The van der Waals surface area contributed by atoms with Crippen molar-refractivity contribution in [1.82, 2.24) is 4.98 Å². The van der Waals surface area contributed by atoms with E-state index in [0.717, 1.165) is 27.7 Å². The normalized spacial score (nSPS) is 10.9. The molecule has 1 aromatic heterocycles. The molecular formula is C25H21ClN2O2. The summed E-state index contributed by atoms with van der Waals surface area (Å²) in [5.41, 5.74) is 4.19. The molecule has 1 amide bonds. The number of hydrogen-bond donors (Lipinski definition) is 1. The molecule has 4 aromatic rings. The van der Waals surface area contributed by atoms with Crippen molar-refractivity contribution in [3.05, 3.63) is 110 Å². The Hall–Kier alpha value is -3.37. The zero-order chi connectivity index (χ0) is 21.3. The zero-order valence-corrected chi connectivity index (χ0v) is 17.5. The smallest absolute Gasteiger partial charge is 0.260 e.